The highest BCUT2D eigenvalue weighted by molar-refractivity contribution is 6.43. The molecule has 1 aromatic rings. The lowest BCUT2D eigenvalue weighted by atomic mass is 10.3. The smallest absolute Gasteiger partial charge is 0.328 e. The van der Waals surface area contributed by atoms with Crippen LogP contribution in [-0.2, 0) is 9.59 Å². The number of carbonyl (C=O) groups is 2. The number of rotatable bonds is 6. The molecular weight excluding hydrogens is 332 g/mol. The van der Waals surface area contributed by atoms with Crippen molar-refractivity contribution in [3.05, 3.63) is 27.2 Å². The number of amides is 1. The maximum atomic E-state index is 11.4. The molecular formula is C11H10Cl3NO5. The molecule has 1 atom stereocenters. The van der Waals surface area contributed by atoms with Gasteiger partial charge in [-0.2, -0.15) is 0 Å². The molecule has 0 saturated carbocycles. The van der Waals surface area contributed by atoms with Crippen molar-refractivity contribution >= 4 is 46.7 Å². The van der Waals surface area contributed by atoms with Crippen molar-refractivity contribution in [1.29, 1.82) is 0 Å². The van der Waals surface area contributed by atoms with Gasteiger partial charge in [-0.1, -0.05) is 34.8 Å². The number of aliphatic hydroxyl groups is 1. The van der Waals surface area contributed by atoms with Gasteiger partial charge in [0.15, 0.2) is 6.61 Å². The van der Waals surface area contributed by atoms with E-state index in [-0.39, 0.29) is 20.8 Å². The van der Waals surface area contributed by atoms with Gasteiger partial charge >= 0.3 is 5.97 Å². The number of aliphatic hydroxyl groups excluding tert-OH is 1. The minimum absolute atomic E-state index is 0.132. The van der Waals surface area contributed by atoms with Crippen molar-refractivity contribution in [3.8, 4) is 5.75 Å². The molecule has 1 amide bonds. The van der Waals surface area contributed by atoms with E-state index in [1.807, 2.05) is 0 Å². The Morgan fingerprint density at radius 3 is 2.35 bits per heavy atom. The number of carboxylic acid groups (broad SMARTS) is 1. The average Bonchev–Trinajstić information content (AvgIpc) is 2.38. The first-order valence-corrected chi connectivity index (χ1v) is 6.39. The van der Waals surface area contributed by atoms with E-state index in [1.54, 1.807) is 0 Å². The van der Waals surface area contributed by atoms with E-state index in [9.17, 15) is 9.59 Å². The zero-order chi connectivity index (χ0) is 15.3. The van der Waals surface area contributed by atoms with E-state index in [0.717, 1.165) is 0 Å². The highest BCUT2D eigenvalue weighted by Gasteiger charge is 2.19. The molecule has 1 rings (SSSR count). The summed E-state index contributed by atoms with van der Waals surface area (Å²) < 4.78 is 5.10. The first-order chi connectivity index (χ1) is 9.35. The van der Waals surface area contributed by atoms with Gasteiger partial charge in [0.05, 0.1) is 21.7 Å². The van der Waals surface area contributed by atoms with Gasteiger partial charge in [0.1, 0.15) is 11.8 Å². The maximum Gasteiger partial charge on any atom is 0.328 e. The van der Waals surface area contributed by atoms with Gasteiger partial charge in [-0.05, 0) is 6.07 Å². The fourth-order valence-corrected chi connectivity index (χ4v) is 1.77. The Morgan fingerprint density at radius 1 is 1.20 bits per heavy atom. The standard InChI is InChI=1S/C11H10Cl3NO5/c12-5-1-7(14)9(2-6(5)13)20-4-10(17)15-8(3-16)11(18)19/h1-2,8,16H,3-4H2,(H,15,17)(H,18,19)/t8-/m0/s1. The number of hydrogen-bond donors (Lipinski definition) is 3. The summed E-state index contributed by atoms with van der Waals surface area (Å²) in [5.74, 6) is -1.95. The molecule has 6 nitrogen and oxygen atoms in total. The summed E-state index contributed by atoms with van der Waals surface area (Å²) in [5.41, 5.74) is 0. The zero-order valence-corrected chi connectivity index (χ0v) is 12.2. The molecule has 110 valence electrons. The van der Waals surface area contributed by atoms with E-state index in [1.165, 1.54) is 12.1 Å². The Bertz CT molecular complexity index is 523. The first kappa shape index (κ1) is 16.8. The van der Waals surface area contributed by atoms with E-state index < -0.39 is 31.1 Å². The summed E-state index contributed by atoms with van der Waals surface area (Å²) in [6, 6.07) is 1.29. The third-order valence-corrected chi connectivity index (χ3v) is 3.17. The molecule has 0 aliphatic heterocycles. The molecule has 0 aliphatic rings. The number of benzene rings is 1. The van der Waals surface area contributed by atoms with Gasteiger partial charge in [-0.25, -0.2) is 4.79 Å². The minimum atomic E-state index is -1.39. The van der Waals surface area contributed by atoms with Crippen LogP contribution in [0.15, 0.2) is 12.1 Å². The van der Waals surface area contributed by atoms with Crippen molar-refractivity contribution in [1.82, 2.24) is 5.32 Å². The lowest BCUT2D eigenvalue weighted by Crippen LogP contribution is -2.45. The summed E-state index contributed by atoms with van der Waals surface area (Å²) in [6.45, 7) is -1.21. The average molecular weight is 343 g/mol. The van der Waals surface area contributed by atoms with Crippen molar-refractivity contribution in [2.24, 2.45) is 0 Å². The van der Waals surface area contributed by atoms with Gasteiger partial charge in [0.2, 0.25) is 0 Å². The number of hydrogen-bond acceptors (Lipinski definition) is 4. The third kappa shape index (κ3) is 4.72. The van der Waals surface area contributed by atoms with E-state index in [2.05, 4.69) is 5.32 Å². The van der Waals surface area contributed by atoms with Gasteiger partial charge in [-0.3, -0.25) is 4.79 Å². The van der Waals surface area contributed by atoms with Crippen molar-refractivity contribution < 1.29 is 24.5 Å². The number of carboxylic acids is 1. The second kappa shape index (κ2) is 7.54. The molecule has 20 heavy (non-hydrogen) atoms. The van der Waals surface area contributed by atoms with Crippen LogP contribution in [0.4, 0.5) is 0 Å². The topological polar surface area (TPSA) is 95.9 Å². The first-order valence-electron chi connectivity index (χ1n) is 5.25. The predicted octanol–water partition coefficient (Wildman–Crippen LogP) is 1.59. The molecule has 0 aliphatic carbocycles. The summed E-state index contributed by atoms with van der Waals surface area (Å²) in [6.07, 6.45) is 0. The lowest BCUT2D eigenvalue weighted by Gasteiger charge is -2.13. The summed E-state index contributed by atoms with van der Waals surface area (Å²) in [5, 5.41) is 20.1. The SMILES string of the molecule is O=C(COc1cc(Cl)c(Cl)cc1Cl)N[C@@H](CO)C(=O)O. The molecule has 0 aromatic heterocycles. The Balaban J connectivity index is 2.61. The zero-order valence-electron chi connectivity index (χ0n) is 9.90. The molecule has 0 heterocycles. The van der Waals surface area contributed by atoms with E-state index in [0.29, 0.717) is 0 Å². The lowest BCUT2D eigenvalue weighted by molar-refractivity contribution is -0.143. The number of nitrogens with one attached hydrogen (secondary N) is 1. The second-order valence-electron chi connectivity index (χ2n) is 3.63. The van der Waals surface area contributed by atoms with Crippen LogP contribution >= 0.6 is 34.8 Å². The van der Waals surface area contributed by atoms with Crippen LogP contribution in [0.25, 0.3) is 0 Å². The van der Waals surface area contributed by atoms with Crippen molar-refractivity contribution in [3.63, 3.8) is 0 Å². The second-order valence-corrected chi connectivity index (χ2v) is 4.85. The highest BCUT2D eigenvalue weighted by atomic mass is 35.5. The Hall–Kier alpha value is -1.21. The quantitative estimate of drug-likeness (QED) is 0.682. The van der Waals surface area contributed by atoms with E-state index >= 15 is 0 Å². The third-order valence-electron chi connectivity index (χ3n) is 2.15. The molecule has 3 N–H and O–H groups in total. The van der Waals surface area contributed by atoms with Gasteiger partial charge in [0.25, 0.3) is 5.91 Å². The molecule has 0 fully saturated rings. The van der Waals surface area contributed by atoms with Crippen LogP contribution in [0.1, 0.15) is 0 Å². The summed E-state index contributed by atoms with van der Waals surface area (Å²) in [7, 11) is 0. The molecule has 1 aromatic carbocycles. The number of ether oxygens (including phenoxy) is 1. The van der Waals surface area contributed by atoms with Gasteiger partial charge < -0.3 is 20.3 Å². The van der Waals surface area contributed by atoms with Crippen LogP contribution in [0.5, 0.6) is 5.75 Å². The summed E-state index contributed by atoms with van der Waals surface area (Å²) in [4.78, 5) is 22.0. The fraction of sp³-hybridized carbons (Fsp3) is 0.273. The van der Waals surface area contributed by atoms with E-state index in [4.69, 9.17) is 49.8 Å². The maximum absolute atomic E-state index is 11.4. The summed E-state index contributed by atoms with van der Waals surface area (Å²) >= 11 is 17.3. The number of aliphatic carboxylic acids is 1. The van der Waals surface area contributed by atoms with Crippen LogP contribution < -0.4 is 10.1 Å². The highest BCUT2D eigenvalue weighted by Crippen LogP contribution is 2.33. The molecule has 0 spiro atoms. The van der Waals surface area contributed by atoms with Crippen LogP contribution in [0.2, 0.25) is 15.1 Å². The van der Waals surface area contributed by atoms with Crippen LogP contribution in [0, 0.1) is 0 Å². The minimum Gasteiger partial charge on any atom is -0.482 e. The van der Waals surface area contributed by atoms with Crippen LogP contribution in [-0.4, -0.2) is 41.3 Å². The Kier molecular flexibility index (Phi) is 6.35. The molecule has 0 bridgehead atoms. The molecule has 0 saturated heterocycles. The van der Waals surface area contributed by atoms with Gasteiger partial charge in [0, 0.05) is 6.07 Å². The normalized spacial score (nSPS) is 11.8. The predicted molar refractivity (Wildman–Crippen MR) is 73.6 cm³/mol. The molecule has 0 radical (unpaired) electrons. The largest absolute Gasteiger partial charge is 0.482 e. The number of halogens is 3. The Morgan fingerprint density at radius 2 is 1.80 bits per heavy atom. The van der Waals surface area contributed by atoms with Crippen molar-refractivity contribution in [2.45, 2.75) is 6.04 Å². The van der Waals surface area contributed by atoms with Crippen LogP contribution in [0.3, 0.4) is 0 Å². The fourth-order valence-electron chi connectivity index (χ4n) is 1.18. The van der Waals surface area contributed by atoms with Crippen molar-refractivity contribution in [2.75, 3.05) is 13.2 Å². The van der Waals surface area contributed by atoms with Gasteiger partial charge in [-0.15, -0.1) is 0 Å². The Labute approximate surface area is 129 Å². The molecule has 9 heteroatoms. The number of carbonyl (C=O) groups excluding carboxylic acids is 1. The monoisotopic (exact) mass is 341 g/mol. The molecule has 0 unspecified atom stereocenters.